The molecule has 5 heteroatoms. The lowest BCUT2D eigenvalue weighted by atomic mass is 9.99. The van der Waals surface area contributed by atoms with Crippen LogP contribution >= 0.6 is 11.6 Å². The largest absolute Gasteiger partial charge is 0.207 e. The minimum absolute atomic E-state index is 0.327. The number of alkyl halides is 1. The third-order valence-corrected chi connectivity index (χ3v) is 3.52. The molecule has 1 unspecified atom stereocenters. The first-order valence-electron chi connectivity index (χ1n) is 5.86. The summed E-state index contributed by atoms with van der Waals surface area (Å²) in [6.45, 7) is 3.07. The first-order valence-corrected chi connectivity index (χ1v) is 6.30. The van der Waals surface area contributed by atoms with E-state index < -0.39 is 34.2 Å². The minimum atomic E-state index is -1.16. The molecule has 0 saturated heterocycles. The van der Waals surface area contributed by atoms with Crippen LogP contribution < -0.4 is 0 Å². The van der Waals surface area contributed by atoms with E-state index in [1.165, 1.54) is 26.0 Å². The molecule has 0 radical (unpaired) electrons. The molecule has 0 spiro atoms. The van der Waals surface area contributed by atoms with Crippen molar-refractivity contribution in [2.75, 3.05) is 0 Å². The summed E-state index contributed by atoms with van der Waals surface area (Å²) in [5, 5.41) is -1.16. The van der Waals surface area contributed by atoms with Gasteiger partial charge in [0.05, 0.1) is 5.38 Å². The third kappa shape index (κ3) is 2.66. The normalized spacial score (nSPS) is 12.6. The van der Waals surface area contributed by atoms with Crippen molar-refractivity contribution >= 4 is 11.6 Å². The van der Waals surface area contributed by atoms with Crippen molar-refractivity contribution < 1.29 is 17.6 Å². The molecule has 0 nitrogen and oxygen atoms in total. The number of benzene rings is 2. The highest BCUT2D eigenvalue weighted by molar-refractivity contribution is 6.22. The lowest BCUT2D eigenvalue weighted by molar-refractivity contribution is 0.526. The fourth-order valence-electron chi connectivity index (χ4n) is 2.09. The summed E-state index contributed by atoms with van der Waals surface area (Å²) in [6, 6.07) is 3.97. The third-order valence-electron chi connectivity index (χ3n) is 3.05. The first-order chi connectivity index (χ1) is 9.31. The van der Waals surface area contributed by atoms with E-state index in [1.807, 2.05) is 0 Å². The summed E-state index contributed by atoms with van der Waals surface area (Å²) in [6.07, 6.45) is 0. The van der Waals surface area contributed by atoms with E-state index in [4.69, 9.17) is 11.6 Å². The Balaban J connectivity index is 2.55. The van der Waals surface area contributed by atoms with Crippen molar-refractivity contribution in [1.82, 2.24) is 0 Å². The Bertz CT molecular complexity index is 621. The van der Waals surface area contributed by atoms with Crippen LogP contribution in [0.5, 0.6) is 0 Å². The van der Waals surface area contributed by atoms with Crippen LogP contribution in [0.1, 0.15) is 27.6 Å². The number of aryl methyl sites for hydroxylation is 2. The first kappa shape index (κ1) is 14.9. The van der Waals surface area contributed by atoms with Gasteiger partial charge in [-0.05, 0) is 30.5 Å². The Morgan fingerprint density at radius 3 is 1.75 bits per heavy atom. The predicted octanol–water partition coefficient (Wildman–Crippen LogP) is 5.19. The molecular weight excluding hydrogens is 292 g/mol. The number of rotatable bonds is 2. The van der Waals surface area contributed by atoms with Crippen molar-refractivity contribution in [2.45, 2.75) is 19.2 Å². The molecule has 0 aliphatic heterocycles. The number of hydrogen-bond donors (Lipinski definition) is 0. The summed E-state index contributed by atoms with van der Waals surface area (Å²) in [5.74, 6) is -3.54. The topological polar surface area (TPSA) is 0 Å². The van der Waals surface area contributed by atoms with Gasteiger partial charge in [-0.15, -0.1) is 11.6 Å². The second-order valence-corrected chi connectivity index (χ2v) is 5.05. The van der Waals surface area contributed by atoms with E-state index in [0.717, 1.165) is 0 Å². The maximum atomic E-state index is 13.7. The Kier molecular flexibility index (Phi) is 4.04. The molecule has 2 aromatic rings. The van der Waals surface area contributed by atoms with Crippen LogP contribution in [0, 0.1) is 37.1 Å². The molecule has 0 aliphatic carbocycles. The van der Waals surface area contributed by atoms with Crippen LogP contribution in [-0.2, 0) is 0 Å². The van der Waals surface area contributed by atoms with Gasteiger partial charge in [-0.25, -0.2) is 17.6 Å². The van der Waals surface area contributed by atoms with Gasteiger partial charge in [-0.3, -0.25) is 0 Å². The van der Waals surface area contributed by atoms with E-state index >= 15 is 0 Å². The zero-order valence-electron chi connectivity index (χ0n) is 10.8. The van der Waals surface area contributed by atoms with Gasteiger partial charge in [0.25, 0.3) is 0 Å². The monoisotopic (exact) mass is 302 g/mol. The second kappa shape index (κ2) is 5.44. The molecule has 2 rings (SSSR count). The summed E-state index contributed by atoms with van der Waals surface area (Å²) < 4.78 is 53.8. The number of hydrogen-bond acceptors (Lipinski definition) is 0. The summed E-state index contributed by atoms with van der Waals surface area (Å²) in [5.41, 5.74) is 0.563. The SMILES string of the molecule is Cc1cc(C(Cl)c2c(F)cc(F)cc2F)cc(C)c1F. The molecule has 1 atom stereocenters. The predicted molar refractivity (Wildman–Crippen MR) is 69.9 cm³/mol. The standard InChI is InChI=1S/C15H11ClF4/c1-7-3-9(4-8(2)15(7)20)14(16)13-11(18)5-10(17)6-12(13)19/h3-6,14H,1-2H3. The summed E-state index contributed by atoms with van der Waals surface area (Å²) in [4.78, 5) is 0. The van der Waals surface area contributed by atoms with Gasteiger partial charge in [-0.1, -0.05) is 12.1 Å². The average Bonchev–Trinajstić information content (AvgIpc) is 2.33. The Morgan fingerprint density at radius 1 is 0.850 bits per heavy atom. The van der Waals surface area contributed by atoms with Crippen LogP contribution in [0.3, 0.4) is 0 Å². The van der Waals surface area contributed by atoms with E-state index in [2.05, 4.69) is 0 Å². The molecule has 0 aliphatic rings. The molecular formula is C15H11ClF4. The zero-order chi connectivity index (χ0) is 15.0. The molecule has 0 heterocycles. The molecule has 2 aromatic carbocycles. The highest BCUT2D eigenvalue weighted by atomic mass is 35.5. The van der Waals surface area contributed by atoms with E-state index in [9.17, 15) is 17.6 Å². The van der Waals surface area contributed by atoms with Gasteiger partial charge in [0.15, 0.2) is 0 Å². The zero-order valence-corrected chi connectivity index (χ0v) is 11.5. The van der Waals surface area contributed by atoms with Crippen LogP contribution in [0.15, 0.2) is 24.3 Å². The minimum Gasteiger partial charge on any atom is -0.207 e. The Labute approximate surface area is 119 Å². The quantitative estimate of drug-likeness (QED) is 0.529. The molecule has 0 fully saturated rings. The lowest BCUT2D eigenvalue weighted by Gasteiger charge is -2.14. The molecule has 0 N–H and O–H groups in total. The van der Waals surface area contributed by atoms with E-state index in [-0.39, 0.29) is 0 Å². The van der Waals surface area contributed by atoms with Crippen molar-refractivity contribution in [3.63, 3.8) is 0 Å². The van der Waals surface area contributed by atoms with Gasteiger partial charge < -0.3 is 0 Å². The van der Waals surface area contributed by atoms with Crippen molar-refractivity contribution in [2.24, 2.45) is 0 Å². The summed E-state index contributed by atoms with van der Waals surface area (Å²) in [7, 11) is 0. The average molecular weight is 303 g/mol. The fourth-order valence-corrected chi connectivity index (χ4v) is 2.42. The van der Waals surface area contributed by atoms with Gasteiger partial charge >= 0.3 is 0 Å². The van der Waals surface area contributed by atoms with E-state index in [1.54, 1.807) is 0 Å². The fraction of sp³-hybridized carbons (Fsp3) is 0.200. The van der Waals surface area contributed by atoms with Gasteiger partial charge in [0, 0.05) is 17.7 Å². The molecule has 0 saturated carbocycles. The van der Waals surface area contributed by atoms with E-state index in [0.29, 0.717) is 28.8 Å². The van der Waals surface area contributed by atoms with Crippen molar-refractivity contribution in [3.05, 3.63) is 69.8 Å². The van der Waals surface area contributed by atoms with Gasteiger partial charge in [-0.2, -0.15) is 0 Å². The highest BCUT2D eigenvalue weighted by Crippen LogP contribution is 2.34. The Hall–Kier alpha value is -1.55. The van der Waals surface area contributed by atoms with Crippen LogP contribution in [0.4, 0.5) is 17.6 Å². The number of halogens is 5. The van der Waals surface area contributed by atoms with Crippen molar-refractivity contribution in [3.8, 4) is 0 Å². The molecule has 0 amide bonds. The summed E-state index contributed by atoms with van der Waals surface area (Å²) >= 11 is 6.07. The van der Waals surface area contributed by atoms with Crippen LogP contribution in [0.2, 0.25) is 0 Å². The maximum Gasteiger partial charge on any atom is 0.134 e. The van der Waals surface area contributed by atoms with Crippen molar-refractivity contribution in [1.29, 1.82) is 0 Å². The highest BCUT2D eigenvalue weighted by Gasteiger charge is 2.22. The molecule has 0 aromatic heterocycles. The molecule has 106 valence electrons. The van der Waals surface area contributed by atoms with Crippen LogP contribution in [0.25, 0.3) is 0 Å². The maximum absolute atomic E-state index is 13.7. The van der Waals surface area contributed by atoms with Crippen LogP contribution in [-0.4, -0.2) is 0 Å². The Morgan fingerprint density at radius 2 is 1.30 bits per heavy atom. The molecule has 20 heavy (non-hydrogen) atoms. The van der Waals surface area contributed by atoms with Gasteiger partial charge in [0.2, 0.25) is 0 Å². The molecule has 0 bridgehead atoms. The lowest BCUT2D eigenvalue weighted by Crippen LogP contribution is -2.04. The van der Waals surface area contributed by atoms with Gasteiger partial charge in [0.1, 0.15) is 23.3 Å². The second-order valence-electron chi connectivity index (χ2n) is 4.61. The smallest absolute Gasteiger partial charge is 0.134 e.